The Balaban J connectivity index is 2.43. The summed E-state index contributed by atoms with van der Waals surface area (Å²) in [6.45, 7) is 2.43. The number of aliphatic carboxylic acids is 1. The van der Waals surface area contributed by atoms with E-state index in [1.807, 2.05) is 12.2 Å². The maximum Gasteiger partial charge on any atom is 0.329 e. The molecule has 0 spiro atoms. The predicted molar refractivity (Wildman–Crippen MR) is 69.3 cm³/mol. The van der Waals surface area contributed by atoms with Crippen LogP contribution in [0.25, 0.3) is 0 Å². The van der Waals surface area contributed by atoms with Crippen molar-refractivity contribution in [1.29, 1.82) is 0 Å². The number of nitrogens with zero attached hydrogens (tertiary/aromatic N) is 1. The molecule has 1 heterocycles. The van der Waals surface area contributed by atoms with Crippen LogP contribution in [0.4, 0.5) is 10.5 Å². The molecule has 1 aromatic rings. The van der Waals surface area contributed by atoms with Crippen LogP contribution in [0.3, 0.4) is 0 Å². The lowest BCUT2D eigenvalue weighted by atomic mass is 10.3. The van der Waals surface area contributed by atoms with E-state index >= 15 is 0 Å². The molecule has 108 valence electrons. The van der Waals surface area contributed by atoms with Crippen LogP contribution in [-0.4, -0.2) is 41.2 Å². The highest BCUT2D eigenvalue weighted by Crippen LogP contribution is 2.11. The summed E-state index contributed by atoms with van der Waals surface area (Å²) in [6.07, 6.45) is 0. The summed E-state index contributed by atoms with van der Waals surface area (Å²) < 4.78 is 4.54. The Morgan fingerprint density at radius 3 is 2.55 bits per heavy atom. The topological polar surface area (TPSA) is 118 Å². The first kappa shape index (κ1) is 15.6. The molecule has 0 aliphatic heterocycles. The van der Waals surface area contributed by atoms with Gasteiger partial charge in [-0.1, -0.05) is 0 Å². The average Bonchev–Trinajstić information content (AvgIpc) is 2.32. The first-order valence-corrected chi connectivity index (χ1v) is 5.73. The van der Waals surface area contributed by atoms with Gasteiger partial charge < -0.3 is 15.2 Å². The normalized spacial score (nSPS) is 9.90. The Bertz CT molecular complexity index is 530. The van der Waals surface area contributed by atoms with Crippen molar-refractivity contribution in [3.8, 4) is 0 Å². The first-order valence-electron chi connectivity index (χ1n) is 5.73. The van der Waals surface area contributed by atoms with E-state index in [1.54, 1.807) is 19.1 Å². The molecule has 0 aliphatic carbocycles. The molecule has 1 aromatic heterocycles. The number of rotatable bonds is 5. The van der Waals surface area contributed by atoms with Crippen LogP contribution in [0, 0.1) is 13.8 Å². The van der Waals surface area contributed by atoms with Gasteiger partial charge in [0.25, 0.3) is 5.91 Å². The molecule has 0 atom stereocenters. The second-order valence-electron chi connectivity index (χ2n) is 3.97. The van der Waals surface area contributed by atoms with Gasteiger partial charge in [-0.15, -0.1) is 0 Å². The Kier molecular flexibility index (Phi) is 5.60. The number of hydrogen-bond donors (Lipinski definition) is 3. The number of ether oxygens (including phenoxy) is 1. The zero-order valence-corrected chi connectivity index (χ0v) is 11.1. The molecule has 3 N–H and O–H groups in total. The first-order chi connectivity index (χ1) is 9.38. The van der Waals surface area contributed by atoms with Gasteiger partial charge in [-0.05, 0) is 26.0 Å². The highest BCUT2D eigenvalue weighted by Gasteiger charge is 2.10. The standard InChI is InChI=1S/C12H15N3O5/c1-7-3-4-9(8(2)13-7)14-12(19)15-10(16)5-20-6-11(17)18/h3-4H,5-6H2,1-2H3,(H,17,18)(H2,14,15,16,19). The molecule has 1 rings (SSSR count). The van der Waals surface area contributed by atoms with Crippen molar-refractivity contribution in [1.82, 2.24) is 10.3 Å². The maximum atomic E-state index is 11.5. The molecule has 8 nitrogen and oxygen atoms in total. The van der Waals surface area contributed by atoms with Gasteiger partial charge in [0.15, 0.2) is 0 Å². The monoisotopic (exact) mass is 281 g/mol. The number of hydrogen-bond acceptors (Lipinski definition) is 5. The highest BCUT2D eigenvalue weighted by atomic mass is 16.5. The van der Waals surface area contributed by atoms with Crippen molar-refractivity contribution < 1.29 is 24.2 Å². The Morgan fingerprint density at radius 1 is 1.25 bits per heavy atom. The lowest BCUT2D eigenvalue weighted by Crippen LogP contribution is -2.37. The fourth-order valence-electron chi connectivity index (χ4n) is 1.37. The quantitative estimate of drug-likeness (QED) is 0.721. The minimum atomic E-state index is -1.19. The molecule has 20 heavy (non-hydrogen) atoms. The van der Waals surface area contributed by atoms with Crippen LogP contribution in [0.2, 0.25) is 0 Å². The summed E-state index contributed by atoms with van der Waals surface area (Å²) in [6, 6.07) is 2.66. The van der Waals surface area contributed by atoms with Gasteiger partial charge >= 0.3 is 12.0 Å². The number of aromatic nitrogens is 1. The molecule has 0 unspecified atom stereocenters. The van der Waals surface area contributed by atoms with Crippen LogP contribution in [-0.2, 0) is 14.3 Å². The number of carbonyl (C=O) groups is 3. The molecule has 0 aromatic carbocycles. The minimum Gasteiger partial charge on any atom is -0.480 e. The summed E-state index contributed by atoms with van der Waals surface area (Å²) in [4.78, 5) is 37.1. The second-order valence-corrected chi connectivity index (χ2v) is 3.97. The van der Waals surface area contributed by atoms with E-state index < -0.39 is 31.1 Å². The number of carboxylic acids is 1. The summed E-state index contributed by atoms with van der Waals surface area (Å²) in [5.41, 5.74) is 1.91. The third-order valence-corrected chi connectivity index (χ3v) is 2.18. The number of imide groups is 1. The SMILES string of the molecule is Cc1ccc(NC(=O)NC(=O)COCC(=O)O)c(C)n1. The molecule has 0 aliphatic rings. The zero-order chi connectivity index (χ0) is 15.1. The fourth-order valence-corrected chi connectivity index (χ4v) is 1.37. The number of urea groups is 1. The Morgan fingerprint density at radius 2 is 1.95 bits per heavy atom. The van der Waals surface area contributed by atoms with Crippen molar-refractivity contribution in [3.05, 3.63) is 23.5 Å². The summed E-state index contributed by atoms with van der Waals surface area (Å²) >= 11 is 0. The molecule has 0 saturated heterocycles. The van der Waals surface area contributed by atoms with Crippen LogP contribution >= 0.6 is 0 Å². The number of nitrogens with one attached hydrogen (secondary N) is 2. The van der Waals surface area contributed by atoms with Crippen molar-refractivity contribution in [2.24, 2.45) is 0 Å². The van der Waals surface area contributed by atoms with Crippen molar-refractivity contribution >= 4 is 23.6 Å². The number of carboxylic acid groups (broad SMARTS) is 1. The number of carbonyl (C=O) groups excluding carboxylic acids is 2. The van der Waals surface area contributed by atoms with Gasteiger partial charge in [-0.25, -0.2) is 9.59 Å². The van der Waals surface area contributed by atoms with Crippen LogP contribution < -0.4 is 10.6 Å². The maximum absolute atomic E-state index is 11.5. The molecule has 0 bridgehead atoms. The van der Waals surface area contributed by atoms with E-state index in [4.69, 9.17) is 5.11 Å². The molecule has 3 amide bonds. The number of amides is 3. The van der Waals surface area contributed by atoms with Gasteiger partial charge in [0.1, 0.15) is 13.2 Å². The average molecular weight is 281 g/mol. The Labute approximate surface area is 115 Å². The zero-order valence-electron chi connectivity index (χ0n) is 11.1. The van der Waals surface area contributed by atoms with Crippen molar-refractivity contribution in [2.45, 2.75) is 13.8 Å². The summed E-state index contributed by atoms with van der Waals surface area (Å²) in [5.74, 6) is -1.93. The van der Waals surface area contributed by atoms with Crippen molar-refractivity contribution in [2.75, 3.05) is 18.5 Å². The van der Waals surface area contributed by atoms with Crippen LogP contribution in [0.5, 0.6) is 0 Å². The van der Waals surface area contributed by atoms with E-state index in [-0.39, 0.29) is 0 Å². The third kappa shape index (κ3) is 5.44. The molecule has 0 radical (unpaired) electrons. The van der Waals surface area contributed by atoms with Gasteiger partial charge in [0.05, 0.1) is 11.4 Å². The fraction of sp³-hybridized carbons (Fsp3) is 0.333. The minimum absolute atomic E-state index is 0.479. The number of anilines is 1. The van der Waals surface area contributed by atoms with Gasteiger partial charge in [0.2, 0.25) is 0 Å². The van der Waals surface area contributed by atoms with E-state index in [9.17, 15) is 14.4 Å². The number of pyridine rings is 1. The van der Waals surface area contributed by atoms with Gasteiger partial charge in [-0.3, -0.25) is 15.1 Å². The molecular formula is C12H15N3O5. The van der Waals surface area contributed by atoms with E-state index in [1.165, 1.54) is 0 Å². The second kappa shape index (κ2) is 7.19. The van der Waals surface area contributed by atoms with Gasteiger partial charge in [-0.2, -0.15) is 0 Å². The number of aryl methyl sites for hydroxylation is 2. The molecule has 8 heteroatoms. The summed E-state index contributed by atoms with van der Waals surface area (Å²) in [5, 5.41) is 12.8. The summed E-state index contributed by atoms with van der Waals surface area (Å²) in [7, 11) is 0. The van der Waals surface area contributed by atoms with Gasteiger partial charge in [0, 0.05) is 5.69 Å². The molecule has 0 saturated carbocycles. The smallest absolute Gasteiger partial charge is 0.329 e. The van der Waals surface area contributed by atoms with E-state index in [0.717, 1.165) is 5.69 Å². The van der Waals surface area contributed by atoms with E-state index in [0.29, 0.717) is 11.4 Å². The predicted octanol–water partition coefficient (Wildman–Crippen LogP) is 0.448. The lowest BCUT2D eigenvalue weighted by molar-refractivity contribution is -0.143. The largest absolute Gasteiger partial charge is 0.480 e. The van der Waals surface area contributed by atoms with Crippen LogP contribution in [0.15, 0.2) is 12.1 Å². The Hall–Kier alpha value is -2.48. The molecular weight excluding hydrogens is 266 g/mol. The van der Waals surface area contributed by atoms with Crippen LogP contribution in [0.1, 0.15) is 11.4 Å². The lowest BCUT2D eigenvalue weighted by Gasteiger charge is -2.09. The highest BCUT2D eigenvalue weighted by molar-refractivity contribution is 6.01. The third-order valence-electron chi connectivity index (χ3n) is 2.18. The van der Waals surface area contributed by atoms with Crippen molar-refractivity contribution in [3.63, 3.8) is 0 Å². The molecule has 0 fully saturated rings. The van der Waals surface area contributed by atoms with E-state index in [2.05, 4.69) is 15.0 Å².